The molecule has 24 heavy (non-hydrogen) atoms. The van der Waals surface area contributed by atoms with Crippen LogP contribution in [-0.4, -0.2) is 23.8 Å². The topological polar surface area (TPSA) is 87.6 Å². The van der Waals surface area contributed by atoms with E-state index in [4.69, 9.17) is 20.4 Å². The first-order valence-electron chi connectivity index (χ1n) is 6.70. The smallest absolute Gasteiger partial charge is 0.338 e. The Kier molecular flexibility index (Phi) is 5.81. The van der Waals surface area contributed by atoms with E-state index in [1.54, 1.807) is 12.1 Å². The molecule has 1 aromatic heterocycles. The first-order chi connectivity index (χ1) is 11.5. The van der Waals surface area contributed by atoms with Crippen molar-refractivity contribution in [3.8, 4) is 23.8 Å². The molecule has 1 heterocycles. The van der Waals surface area contributed by atoms with Gasteiger partial charge < -0.3 is 14.0 Å². The highest BCUT2D eigenvalue weighted by Crippen LogP contribution is 2.34. The van der Waals surface area contributed by atoms with Crippen LogP contribution in [0.1, 0.15) is 17.0 Å². The predicted molar refractivity (Wildman–Crippen MR) is 96.9 cm³/mol. The SMILES string of the molecule is C#CCOc1c(I)cc(/C=C\c2onc(C)c2[N+](=O)[O-])cc1OC. The van der Waals surface area contributed by atoms with Crippen LogP contribution in [0.4, 0.5) is 5.69 Å². The summed E-state index contributed by atoms with van der Waals surface area (Å²) in [6.45, 7) is 1.65. The highest BCUT2D eigenvalue weighted by Gasteiger charge is 2.22. The van der Waals surface area contributed by atoms with Gasteiger partial charge in [0, 0.05) is 0 Å². The predicted octanol–water partition coefficient (Wildman–Crippen LogP) is 3.69. The van der Waals surface area contributed by atoms with Gasteiger partial charge in [0.25, 0.3) is 0 Å². The van der Waals surface area contributed by atoms with Crippen LogP contribution in [-0.2, 0) is 0 Å². The Morgan fingerprint density at radius 3 is 2.88 bits per heavy atom. The maximum Gasteiger partial charge on any atom is 0.338 e. The number of terminal acetylenes is 1. The number of halogens is 1. The van der Waals surface area contributed by atoms with Crippen molar-refractivity contribution in [2.45, 2.75) is 6.92 Å². The molecule has 0 spiro atoms. The number of ether oxygens (including phenoxy) is 2. The van der Waals surface area contributed by atoms with Crippen molar-refractivity contribution in [3.05, 3.63) is 42.8 Å². The summed E-state index contributed by atoms with van der Waals surface area (Å²) in [6, 6.07) is 3.57. The third kappa shape index (κ3) is 3.86. The Balaban J connectivity index is 2.35. The molecule has 124 valence electrons. The van der Waals surface area contributed by atoms with Gasteiger partial charge in [0.05, 0.1) is 15.6 Å². The molecule has 0 aliphatic heterocycles. The van der Waals surface area contributed by atoms with Crippen molar-refractivity contribution in [1.82, 2.24) is 5.16 Å². The quantitative estimate of drug-likeness (QED) is 0.295. The molecule has 0 unspecified atom stereocenters. The van der Waals surface area contributed by atoms with Gasteiger partial charge in [0.1, 0.15) is 6.61 Å². The number of rotatable bonds is 6. The second-order valence-electron chi connectivity index (χ2n) is 4.60. The third-order valence-corrected chi connectivity index (χ3v) is 3.82. The van der Waals surface area contributed by atoms with Crippen molar-refractivity contribution in [3.63, 3.8) is 0 Å². The van der Waals surface area contributed by atoms with E-state index in [-0.39, 0.29) is 23.7 Å². The number of nitrogens with zero attached hydrogens (tertiary/aromatic N) is 2. The molecular formula is C16H13IN2O5. The molecule has 0 aliphatic carbocycles. The first kappa shape index (κ1) is 17.8. The summed E-state index contributed by atoms with van der Waals surface area (Å²) in [6.07, 6.45) is 8.36. The van der Waals surface area contributed by atoms with E-state index < -0.39 is 4.92 Å². The second-order valence-corrected chi connectivity index (χ2v) is 5.76. The first-order valence-corrected chi connectivity index (χ1v) is 7.78. The monoisotopic (exact) mass is 440 g/mol. The van der Waals surface area contributed by atoms with E-state index in [2.05, 4.69) is 33.7 Å². The minimum Gasteiger partial charge on any atom is -0.493 e. The number of benzene rings is 1. The second kappa shape index (κ2) is 7.83. The summed E-state index contributed by atoms with van der Waals surface area (Å²) in [5.41, 5.74) is 0.833. The molecule has 2 aromatic rings. The minimum absolute atomic E-state index is 0.0825. The van der Waals surface area contributed by atoms with Gasteiger partial charge in [-0.25, -0.2) is 0 Å². The molecule has 1 aromatic carbocycles. The summed E-state index contributed by atoms with van der Waals surface area (Å²) in [5, 5.41) is 14.6. The van der Waals surface area contributed by atoms with Crippen LogP contribution < -0.4 is 9.47 Å². The fourth-order valence-electron chi connectivity index (χ4n) is 1.98. The van der Waals surface area contributed by atoms with E-state index in [0.29, 0.717) is 11.5 Å². The molecule has 0 atom stereocenters. The van der Waals surface area contributed by atoms with Gasteiger partial charge in [-0.1, -0.05) is 17.2 Å². The zero-order valence-corrected chi connectivity index (χ0v) is 15.1. The van der Waals surface area contributed by atoms with Crippen LogP contribution in [0.25, 0.3) is 12.2 Å². The van der Waals surface area contributed by atoms with Crippen LogP contribution in [0, 0.1) is 33.0 Å². The average molecular weight is 440 g/mol. The van der Waals surface area contributed by atoms with E-state index in [0.717, 1.165) is 9.13 Å². The summed E-state index contributed by atoms with van der Waals surface area (Å²) < 4.78 is 16.6. The maximum atomic E-state index is 11.0. The molecule has 0 saturated heterocycles. The average Bonchev–Trinajstić information content (AvgIpc) is 2.92. The molecule has 0 bridgehead atoms. The fourth-order valence-corrected chi connectivity index (χ4v) is 2.76. The lowest BCUT2D eigenvalue weighted by molar-refractivity contribution is -0.386. The molecule has 8 heteroatoms. The van der Waals surface area contributed by atoms with Gasteiger partial charge in [0.15, 0.2) is 17.2 Å². The van der Waals surface area contributed by atoms with Gasteiger partial charge in [-0.3, -0.25) is 10.1 Å². The lowest BCUT2D eigenvalue weighted by atomic mass is 10.1. The normalized spacial score (nSPS) is 10.6. The largest absolute Gasteiger partial charge is 0.493 e. The minimum atomic E-state index is -0.521. The van der Waals surface area contributed by atoms with Crippen LogP contribution in [0.15, 0.2) is 16.7 Å². The summed E-state index contributed by atoms with van der Waals surface area (Å²) in [5.74, 6) is 3.54. The number of hydrogen-bond donors (Lipinski definition) is 0. The molecule has 0 fully saturated rings. The van der Waals surface area contributed by atoms with Crippen LogP contribution in [0.2, 0.25) is 0 Å². The Hall–Kier alpha value is -2.54. The van der Waals surface area contributed by atoms with Gasteiger partial charge in [0.2, 0.25) is 5.76 Å². The van der Waals surface area contributed by atoms with Crippen molar-refractivity contribution in [1.29, 1.82) is 0 Å². The number of methoxy groups -OCH3 is 1. The van der Waals surface area contributed by atoms with Crippen molar-refractivity contribution in [2.75, 3.05) is 13.7 Å². The molecule has 2 rings (SSSR count). The maximum absolute atomic E-state index is 11.0. The highest BCUT2D eigenvalue weighted by molar-refractivity contribution is 14.1. The van der Waals surface area contributed by atoms with E-state index in [9.17, 15) is 10.1 Å². The number of nitro groups is 1. The van der Waals surface area contributed by atoms with Gasteiger partial charge >= 0.3 is 5.69 Å². The van der Waals surface area contributed by atoms with Gasteiger partial charge in [-0.2, -0.15) is 0 Å². The zero-order valence-electron chi connectivity index (χ0n) is 12.9. The van der Waals surface area contributed by atoms with Crippen LogP contribution in [0.3, 0.4) is 0 Å². The van der Waals surface area contributed by atoms with Crippen molar-refractivity contribution in [2.24, 2.45) is 0 Å². The van der Waals surface area contributed by atoms with E-state index in [1.165, 1.54) is 20.1 Å². The van der Waals surface area contributed by atoms with Gasteiger partial charge in [-0.15, -0.1) is 6.42 Å². The zero-order chi connectivity index (χ0) is 17.7. The Morgan fingerprint density at radius 2 is 2.25 bits per heavy atom. The molecule has 0 N–H and O–H groups in total. The van der Waals surface area contributed by atoms with Crippen LogP contribution >= 0.6 is 22.6 Å². The number of aromatic nitrogens is 1. The summed E-state index contributed by atoms with van der Waals surface area (Å²) in [7, 11) is 1.52. The van der Waals surface area contributed by atoms with Gasteiger partial charge in [-0.05, 0) is 53.3 Å². The fraction of sp³-hybridized carbons (Fsp3) is 0.188. The lowest BCUT2D eigenvalue weighted by Crippen LogP contribution is -1.99. The van der Waals surface area contributed by atoms with Crippen molar-refractivity contribution < 1.29 is 18.9 Å². The van der Waals surface area contributed by atoms with E-state index >= 15 is 0 Å². The molecular weight excluding hydrogens is 427 g/mol. The third-order valence-electron chi connectivity index (χ3n) is 3.02. The molecule has 0 aliphatic rings. The number of aryl methyl sites for hydroxylation is 1. The lowest BCUT2D eigenvalue weighted by Gasteiger charge is -2.11. The summed E-state index contributed by atoms with van der Waals surface area (Å²) >= 11 is 2.10. The molecule has 0 saturated carbocycles. The highest BCUT2D eigenvalue weighted by atomic mass is 127. The van der Waals surface area contributed by atoms with Crippen molar-refractivity contribution >= 4 is 40.4 Å². The number of hydrogen-bond acceptors (Lipinski definition) is 6. The molecule has 7 nitrogen and oxygen atoms in total. The van der Waals surface area contributed by atoms with E-state index in [1.807, 2.05) is 6.07 Å². The molecule has 0 amide bonds. The molecule has 0 radical (unpaired) electrons. The standard InChI is InChI=1S/C16H13IN2O5/c1-4-7-23-16-12(17)8-11(9-14(16)22-3)5-6-13-15(19(20)21)10(2)18-24-13/h1,5-6,8-9H,7H2,2-3H3/b6-5-. The Morgan fingerprint density at radius 1 is 1.50 bits per heavy atom. The van der Waals surface area contributed by atoms with Crippen LogP contribution in [0.5, 0.6) is 11.5 Å². The Labute approximate surface area is 151 Å². The summed E-state index contributed by atoms with van der Waals surface area (Å²) in [4.78, 5) is 10.5. The Bertz CT molecular complexity index is 836.